The summed E-state index contributed by atoms with van der Waals surface area (Å²) in [6.07, 6.45) is 3.74. The standard InChI is InChI=1S/C10H10N2O2/c11-5-1-2-7-3-4-9-8(6-7)12-10(13)14-9/h1-4,6H,5,11H2,(H,12,13)/b2-1+. The van der Waals surface area contributed by atoms with Gasteiger partial charge in [-0.1, -0.05) is 18.2 Å². The number of benzene rings is 1. The van der Waals surface area contributed by atoms with Crippen LogP contribution >= 0.6 is 0 Å². The van der Waals surface area contributed by atoms with E-state index in [0.29, 0.717) is 17.6 Å². The van der Waals surface area contributed by atoms with Crippen molar-refractivity contribution in [3.05, 3.63) is 40.4 Å². The van der Waals surface area contributed by atoms with Crippen molar-refractivity contribution >= 4 is 17.2 Å². The van der Waals surface area contributed by atoms with Crippen LogP contribution in [0.1, 0.15) is 5.56 Å². The van der Waals surface area contributed by atoms with Crippen LogP contribution in [0.15, 0.2) is 33.5 Å². The second-order valence-electron chi connectivity index (χ2n) is 2.91. The van der Waals surface area contributed by atoms with E-state index in [2.05, 4.69) is 4.98 Å². The molecule has 2 aromatic rings. The predicted octanol–water partition coefficient (Wildman–Crippen LogP) is 1.09. The Bertz CT molecular complexity index is 522. The maximum atomic E-state index is 10.9. The van der Waals surface area contributed by atoms with Gasteiger partial charge in [-0.2, -0.15) is 0 Å². The van der Waals surface area contributed by atoms with Gasteiger partial charge in [0.2, 0.25) is 0 Å². The van der Waals surface area contributed by atoms with Gasteiger partial charge in [0.05, 0.1) is 5.52 Å². The van der Waals surface area contributed by atoms with Gasteiger partial charge in [0.25, 0.3) is 0 Å². The molecular formula is C10H10N2O2. The number of nitrogens with one attached hydrogen (secondary N) is 1. The Hall–Kier alpha value is -1.81. The molecule has 0 aliphatic carbocycles. The normalized spacial score (nSPS) is 11.5. The molecule has 1 heterocycles. The molecule has 0 aliphatic heterocycles. The zero-order chi connectivity index (χ0) is 9.97. The third-order valence-corrected chi connectivity index (χ3v) is 1.89. The van der Waals surface area contributed by atoms with Gasteiger partial charge in [0, 0.05) is 6.54 Å². The van der Waals surface area contributed by atoms with Crippen molar-refractivity contribution in [1.29, 1.82) is 0 Å². The van der Waals surface area contributed by atoms with E-state index in [4.69, 9.17) is 10.2 Å². The van der Waals surface area contributed by atoms with E-state index >= 15 is 0 Å². The zero-order valence-electron chi connectivity index (χ0n) is 7.49. The molecule has 0 amide bonds. The van der Waals surface area contributed by atoms with Crippen molar-refractivity contribution in [3.8, 4) is 0 Å². The number of fused-ring (bicyclic) bond motifs is 1. The number of hydrogen-bond acceptors (Lipinski definition) is 3. The first-order valence-corrected chi connectivity index (χ1v) is 4.29. The fourth-order valence-electron chi connectivity index (χ4n) is 1.28. The Morgan fingerprint density at radius 2 is 2.36 bits per heavy atom. The quantitative estimate of drug-likeness (QED) is 0.744. The minimum Gasteiger partial charge on any atom is -0.408 e. The van der Waals surface area contributed by atoms with Gasteiger partial charge >= 0.3 is 5.76 Å². The lowest BCUT2D eigenvalue weighted by Gasteiger charge is -1.91. The Morgan fingerprint density at radius 3 is 3.14 bits per heavy atom. The minimum absolute atomic E-state index is 0.431. The van der Waals surface area contributed by atoms with E-state index in [0.717, 1.165) is 5.56 Å². The summed E-state index contributed by atoms with van der Waals surface area (Å²) in [7, 11) is 0. The molecule has 0 saturated carbocycles. The van der Waals surface area contributed by atoms with Gasteiger partial charge in [-0.25, -0.2) is 4.79 Å². The van der Waals surface area contributed by atoms with E-state index in [1.54, 1.807) is 6.07 Å². The van der Waals surface area contributed by atoms with Crippen LogP contribution < -0.4 is 11.5 Å². The number of aromatic amines is 1. The first-order valence-electron chi connectivity index (χ1n) is 4.29. The van der Waals surface area contributed by atoms with Gasteiger partial charge < -0.3 is 10.2 Å². The van der Waals surface area contributed by atoms with Crippen LogP contribution in [0, 0.1) is 0 Å². The summed E-state index contributed by atoms with van der Waals surface area (Å²) in [5.41, 5.74) is 7.59. The lowest BCUT2D eigenvalue weighted by molar-refractivity contribution is 0.555. The molecule has 0 bridgehead atoms. The van der Waals surface area contributed by atoms with Gasteiger partial charge in [-0.3, -0.25) is 4.98 Å². The van der Waals surface area contributed by atoms with Gasteiger partial charge in [0.1, 0.15) is 0 Å². The highest BCUT2D eigenvalue weighted by Gasteiger charge is 1.99. The first kappa shape index (κ1) is 8.77. The molecule has 4 nitrogen and oxygen atoms in total. The van der Waals surface area contributed by atoms with Crippen molar-refractivity contribution in [2.75, 3.05) is 6.54 Å². The molecule has 0 aliphatic rings. The van der Waals surface area contributed by atoms with Gasteiger partial charge in [-0.15, -0.1) is 0 Å². The molecule has 0 saturated heterocycles. The van der Waals surface area contributed by atoms with E-state index in [1.807, 2.05) is 24.3 Å². The van der Waals surface area contributed by atoms with Crippen molar-refractivity contribution in [3.63, 3.8) is 0 Å². The molecule has 0 spiro atoms. The first-order chi connectivity index (χ1) is 6.79. The highest BCUT2D eigenvalue weighted by atomic mass is 16.4. The van der Waals surface area contributed by atoms with Gasteiger partial charge in [0.15, 0.2) is 5.58 Å². The van der Waals surface area contributed by atoms with Crippen molar-refractivity contribution in [2.45, 2.75) is 0 Å². The SMILES string of the molecule is NC/C=C/c1ccc2oc(=O)[nH]c2c1. The van der Waals surface area contributed by atoms with E-state index in [9.17, 15) is 4.79 Å². The van der Waals surface area contributed by atoms with Crippen LogP contribution in [-0.4, -0.2) is 11.5 Å². The fraction of sp³-hybridized carbons (Fsp3) is 0.100. The Labute approximate surface area is 80.0 Å². The molecule has 72 valence electrons. The summed E-state index contributed by atoms with van der Waals surface area (Å²) in [4.78, 5) is 13.4. The molecule has 4 heteroatoms. The van der Waals surface area contributed by atoms with Crippen LogP contribution in [0.25, 0.3) is 17.2 Å². The lowest BCUT2D eigenvalue weighted by Crippen LogP contribution is -1.93. The highest BCUT2D eigenvalue weighted by Crippen LogP contribution is 2.12. The molecular weight excluding hydrogens is 180 g/mol. The Kier molecular flexibility index (Phi) is 2.20. The highest BCUT2D eigenvalue weighted by molar-refractivity contribution is 5.75. The van der Waals surface area contributed by atoms with Crippen molar-refractivity contribution in [1.82, 2.24) is 4.98 Å². The molecule has 1 aromatic heterocycles. The third kappa shape index (κ3) is 1.60. The van der Waals surface area contributed by atoms with Crippen LogP contribution in [0.2, 0.25) is 0 Å². The third-order valence-electron chi connectivity index (χ3n) is 1.89. The van der Waals surface area contributed by atoms with Gasteiger partial charge in [-0.05, 0) is 17.7 Å². The topological polar surface area (TPSA) is 72.0 Å². The number of nitrogens with two attached hydrogens (primary N) is 1. The summed E-state index contributed by atoms with van der Waals surface area (Å²) in [5, 5.41) is 0. The number of hydrogen-bond donors (Lipinski definition) is 2. The lowest BCUT2D eigenvalue weighted by atomic mass is 10.2. The van der Waals surface area contributed by atoms with Crippen LogP contribution in [0.4, 0.5) is 0 Å². The molecule has 14 heavy (non-hydrogen) atoms. The molecule has 1 aromatic carbocycles. The molecule has 2 rings (SSSR count). The van der Waals surface area contributed by atoms with Crippen LogP contribution in [0.5, 0.6) is 0 Å². The molecule has 0 radical (unpaired) electrons. The summed E-state index contributed by atoms with van der Waals surface area (Å²) in [6, 6.07) is 5.46. The number of aromatic nitrogens is 1. The molecule has 0 fully saturated rings. The zero-order valence-corrected chi connectivity index (χ0v) is 7.49. The summed E-state index contributed by atoms with van der Waals surface area (Å²) >= 11 is 0. The Morgan fingerprint density at radius 1 is 1.50 bits per heavy atom. The monoisotopic (exact) mass is 190 g/mol. The average Bonchev–Trinajstić information content (AvgIpc) is 2.54. The fourth-order valence-corrected chi connectivity index (χ4v) is 1.28. The van der Waals surface area contributed by atoms with Crippen molar-refractivity contribution < 1.29 is 4.42 Å². The van der Waals surface area contributed by atoms with E-state index in [-0.39, 0.29) is 0 Å². The summed E-state index contributed by atoms with van der Waals surface area (Å²) < 4.78 is 4.87. The maximum absolute atomic E-state index is 10.9. The molecule has 0 unspecified atom stereocenters. The number of H-pyrrole nitrogens is 1. The second kappa shape index (κ2) is 3.51. The summed E-state index contributed by atoms with van der Waals surface area (Å²) in [5.74, 6) is -0.431. The van der Waals surface area contributed by atoms with Crippen LogP contribution in [-0.2, 0) is 0 Å². The molecule has 0 atom stereocenters. The van der Waals surface area contributed by atoms with Crippen molar-refractivity contribution in [2.24, 2.45) is 5.73 Å². The largest absolute Gasteiger partial charge is 0.417 e. The molecule has 3 N–H and O–H groups in total. The maximum Gasteiger partial charge on any atom is 0.417 e. The summed E-state index contributed by atoms with van der Waals surface area (Å²) in [6.45, 7) is 0.500. The predicted molar refractivity (Wildman–Crippen MR) is 54.9 cm³/mol. The minimum atomic E-state index is -0.431. The Balaban J connectivity index is 2.50. The average molecular weight is 190 g/mol. The van der Waals surface area contributed by atoms with E-state index in [1.165, 1.54) is 0 Å². The second-order valence-corrected chi connectivity index (χ2v) is 2.91. The number of rotatable bonds is 2. The number of oxazole rings is 1. The van der Waals surface area contributed by atoms with Crippen LogP contribution in [0.3, 0.4) is 0 Å². The smallest absolute Gasteiger partial charge is 0.408 e. The van der Waals surface area contributed by atoms with E-state index < -0.39 is 5.76 Å².